The molecule has 2 heterocycles. The van der Waals surface area contributed by atoms with E-state index in [1.807, 2.05) is 6.92 Å². The van der Waals surface area contributed by atoms with Crippen LogP contribution in [0.25, 0.3) is 0 Å². The predicted octanol–water partition coefficient (Wildman–Crippen LogP) is 1.23. The van der Waals surface area contributed by atoms with Crippen LogP contribution in [0, 0.1) is 5.92 Å². The van der Waals surface area contributed by atoms with Crippen LogP contribution in [0.1, 0.15) is 39.0 Å². The average Bonchev–Trinajstić information content (AvgIpc) is 2.42. The molecular formula is C14H25NO4S. The monoisotopic (exact) mass is 303 g/mol. The summed E-state index contributed by atoms with van der Waals surface area (Å²) in [5.41, 5.74) is 0. The van der Waals surface area contributed by atoms with Crippen LogP contribution in [0.5, 0.6) is 0 Å². The smallest absolute Gasteiger partial charge is 0.323 e. The quantitative estimate of drug-likeness (QED) is 0.731. The molecule has 0 bridgehead atoms. The van der Waals surface area contributed by atoms with Crippen LogP contribution in [-0.4, -0.2) is 56.5 Å². The number of sulfone groups is 1. The predicted molar refractivity (Wildman–Crippen MR) is 77.2 cm³/mol. The summed E-state index contributed by atoms with van der Waals surface area (Å²) in [6.07, 6.45) is 4.51. The van der Waals surface area contributed by atoms with Gasteiger partial charge in [0.15, 0.2) is 0 Å². The summed E-state index contributed by atoms with van der Waals surface area (Å²) in [6.45, 7) is 4.01. The number of hydrogen-bond donors (Lipinski definition) is 0. The third-order valence-corrected chi connectivity index (χ3v) is 6.05. The van der Waals surface area contributed by atoms with Crippen LogP contribution in [0.4, 0.5) is 0 Å². The molecule has 0 aromatic rings. The van der Waals surface area contributed by atoms with E-state index in [4.69, 9.17) is 4.74 Å². The van der Waals surface area contributed by atoms with Crippen molar-refractivity contribution in [1.82, 2.24) is 4.90 Å². The molecule has 6 heteroatoms. The molecule has 2 aliphatic heterocycles. The van der Waals surface area contributed by atoms with Crippen LogP contribution in [-0.2, 0) is 19.4 Å². The Morgan fingerprint density at radius 3 is 2.55 bits per heavy atom. The fourth-order valence-corrected chi connectivity index (χ4v) is 4.76. The molecule has 2 aliphatic rings. The first-order valence-electron chi connectivity index (χ1n) is 7.63. The lowest BCUT2D eigenvalue weighted by Crippen LogP contribution is -2.48. The zero-order chi connectivity index (χ0) is 14.6. The lowest BCUT2D eigenvalue weighted by Gasteiger charge is -2.37. The first kappa shape index (κ1) is 15.8. The lowest BCUT2D eigenvalue weighted by molar-refractivity contribution is -0.151. The van der Waals surface area contributed by atoms with Gasteiger partial charge in [-0.2, -0.15) is 0 Å². The van der Waals surface area contributed by atoms with Crippen molar-refractivity contribution in [3.05, 3.63) is 0 Å². The summed E-state index contributed by atoms with van der Waals surface area (Å²) in [4.78, 5) is 14.2. The minimum absolute atomic E-state index is 0.115. The van der Waals surface area contributed by atoms with Crippen molar-refractivity contribution < 1.29 is 17.9 Å². The molecule has 2 fully saturated rings. The van der Waals surface area contributed by atoms with Crippen LogP contribution < -0.4 is 0 Å². The summed E-state index contributed by atoms with van der Waals surface area (Å²) in [5, 5.41) is 0. The molecule has 116 valence electrons. The Kier molecular flexibility index (Phi) is 5.43. The Hall–Kier alpha value is -0.620. The number of ether oxygens (including phenoxy) is 1. The highest BCUT2D eigenvalue weighted by Crippen LogP contribution is 2.25. The maximum absolute atomic E-state index is 12.0. The second kappa shape index (κ2) is 6.89. The average molecular weight is 303 g/mol. The molecular weight excluding hydrogens is 278 g/mol. The fraction of sp³-hybridized carbons (Fsp3) is 0.929. The van der Waals surface area contributed by atoms with Gasteiger partial charge in [0.25, 0.3) is 0 Å². The van der Waals surface area contributed by atoms with Gasteiger partial charge in [0.2, 0.25) is 0 Å². The standard InChI is InChI=1S/C14H25NO4S/c1-2-19-14(16)13-5-3-4-8-15(13)11-12-6-9-20(17,18)10-7-12/h12-13H,2-11H2,1H3. The molecule has 0 amide bonds. The molecule has 0 spiro atoms. The van der Waals surface area contributed by atoms with Gasteiger partial charge in [0.05, 0.1) is 18.1 Å². The minimum Gasteiger partial charge on any atom is -0.465 e. The maximum atomic E-state index is 12.0. The van der Waals surface area contributed by atoms with Crippen molar-refractivity contribution >= 4 is 15.8 Å². The summed E-state index contributed by atoms with van der Waals surface area (Å²) < 4.78 is 28.1. The van der Waals surface area contributed by atoms with Crippen molar-refractivity contribution in [2.75, 3.05) is 31.2 Å². The Balaban J connectivity index is 1.90. The van der Waals surface area contributed by atoms with Gasteiger partial charge in [-0.3, -0.25) is 9.69 Å². The van der Waals surface area contributed by atoms with Crippen molar-refractivity contribution in [3.63, 3.8) is 0 Å². The normalized spacial score (nSPS) is 28.1. The zero-order valence-electron chi connectivity index (χ0n) is 12.2. The first-order valence-corrected chi connectivity index (χ1v) is 9.45. The molecule has 2 saturated heterocycles. The van der Waals surface area contributed by atoms with Crippen molar-refractivity contribution in [2.24, 2.45) is 5.92 Å². The van der Waals surface area contributed by atoms with Crippen molar-refractivity contribution in [1.29, 1.82) is 0 Å². The molecule has 0 N–H and O–H groups in total. The van der Waals surface area contributed by atoms with E-state index in [1.54, 1.807) is 0 Å². The van der Waals surface area contributed by atoms with E-state index in [0.717, 1.165) is 45.2 Å². The van der Waals surface area contributed by atoms with E-state index >= 15 is 0 Å². The van der Waals surface area contributed by atoms with Gasteiger partial charge in [-0.05, 0) is 45.1 Å². The topological polar surface area (TPSA) is 63.7 Å². The van der Waals surface area contributed by atoms with Crippen LogP contribution in [0.3, 0.4) is 0 Å². The summed E-state index contributed by atoms with van der Waals surface area (Å²) in [6, 6.07) is -0.123. The molecule has 0 aromatic heterocycles. The number of likely N-dealkylation sites (tertiary alicyclic amines) is 1. The summed E-state index contributed by atoms with van der Waals surface area (Å²) in [7, 11) is -2.81. The fourth-order valence-electron chi connectivity index (χ4n) is 3.17. The van der Waals surface area contributed by atoms with E-state index < -0.39 is 9.84 Å². The van der Waals surface area contributed by atoms with E-state index in [-0.39, 0.29) is 12.0 Å². The van der Waals surface area contributed by atoms with Crippen LogP contribution in [0.2, 0.25) is 0 Å². The molecule has 0 saturated carbocycles. The molecule has 0 aromatic carbocycles. The Bertz CT molecular complexity index is 420. The van der Waals surface area contributed by atoms with Gasteiger partial charge < -0.3 is 4.74 Å². The SMILES string of the molecule is CCOC(=O)C1CCCCN1CC1CCS(=O)(=O)CC1. The zero-order valence-corrected chi connectivity index (χ0v) is 13.0. The Morgan fingerprint density at radius 1 is 1.20 bits per heavy atom. The summed E-state index contributed by atoms with van der Waals surface area (Å²) >= 11 is 0. The largest absolute Gasteiger partial charge is 0.465 e. The second-order valence-electron chi connectivity index (χ2n) is 5.85. The third kappa shape index (κ3) is 4.19. The molecule has 5 nitrogen and oxygen atoms in total. The molecule has 1 unspecified atom stereocenters. The van der Waals surface area contributed by atoms with Gasteiger partial charge in [-0.15, -0.1) is 0 Å². The van der Waals surface area contributed by atoms with Gasteiger partial charge >= 0.3 is 5.97 Å². The molecule has 2 rings (SSSR count). The number of nitrogens with zero attached hydrogens (tertiary/aromatic N) is 1. The first-order chi connectivity index (χ1) is 9.52. The maximum Gasteiger partial charge on any atom is 0.323 e. The van der Waals surface area contributed by atoms with E-state index in [2.05, 4.69) is 4.90 Å². The number of piperidine rings is 1. The third-order valence-electron chi connectivity index (χ3n) is 4.34. The van der Waals surface area contributed by atoms with Gasteiger partial charge in [-0.1, -0.05) is 6.42 Å². The number of carbonyl (C=O) groups excluding carboxylic acids is 1. The minimum atomic E-state index is -2.81. The van der Waals surface area contributed by atoms with Crippen LogP contribution >= 0.6 is 0 Å². The Morgan fingerprint density at radius 2 is 1.90 bits per heavy atom. The molecule has 0 radical (unpaired) electrons. The summed E-state index contributed by atoms with van der Waals surface area (Å²) in [5.74, 6) is 0.884. The van der Waals surface area contributed by atoms with E-state index in [9.17, 15) is 13.2 Å². The number of hydrogen-bond acceptors (Lipinski definition) is 5. The van der Waals surface area contributed by atoms with Gasteiger partial charge in [-0.25, -0.2) is 8.42 Å². The van der Waals surface area contributed by atoms with Crippen molar-refractivity contribution in [3.8, 4) is 0 Å². The highest BCUT2D eigenvalue weighted by Gasteiger charge is 2.33. The van der Waals surface area contributed by atoms with Crippen LogP contribution in [0.15, 0.2) is 0 Å². The number of carbonyl (C=O) groups is 1. The van der Waals surface area contributed by atoms with Gasteiger partial charge in [0, 0.05) is 6.54 Å². The van der Waals surface area contributed by atoms with E-state index in [0.29, 0.717) is 24.0 Å². The molecule has 0 aliphatic carbocycles. The molecule has 1 atom stereocenters. The Labute approximate surface area is 121 Å². The molecule has 20 heavy (non-hydrogen) atoms. The number of rotatable bonds is 4. The highest BCUT2D eigenvalue weighted by atomic mass is 32.2. The van der Waals surface area contributed by atoms with E-state index in [1.165, 1.54) is 0 Å². The highest BCUT2D eigenvalue weighted by molar-refractivity contribution is 7.91. The lowest BCUT2D eigenvalue weighted by atomic mass is 9.97. The number of esters is 1. The van der Waals surface area contributed by atoms with Gasteiger partial charge in [0.1, 0.15) is 15.9 Å². The second-order valence-corrected chi connectivity index (χ2v) is 8.16. The van der Waals surface area contributed by atoms with Crippen molar-refractivity contribution in [2.45, 2.75) is 45.1 Å².